The number of thiazole rings is 1. The van der Waals surface area contributed by atoms with Gasteiger partial charge < -0.3 is 0 Å². The molecular formula is C18H11F3N2O2S2. The number of nitrogens with zero attached hydrogens (tertiary/aromatic N) is 2. The van der Waals surface area contributed by atoms with Gasteiger partial charge in [0.05, 0.1) is 21.5 Å². The number of para-hydroxylation sites is 1. The average Bonchev–Trinajstić information content (AvgIpc) is 3.14. The molecule has 1 aromatic heterocycles. The van der Waals surface area contributed by atoms with Crippen LogP contribution in [0.25, 0.3) is 10.2 Å². The molecule has 2 amide bonds. The Hall–Kier alpha value is -2.39. The lowest BCUT2D eigenvalue weighted by Crippen LogP contribution is -2.31. The van der Waals surface area contributed by atoms with Gasteiger partial charge in [0, 0.05) is 6.42 Å². The van der Waals surface area contributed by atoms with Crippen LogP contribution in [0.4, 0.5) is 18.9 Å². The Bertz CT molecular complexity index is 1020. The van der Waals surface area contributed by atoms with Crippen LogP contribution in [0, 0.1) is 0 Å². The summed E-state index contributed by atoms with van der Waals surface area (Å²) >= 11 is 2.58. The lowest BCUT2D eigenvalue weighted by molar-refractivity contribution is -0.137. The largest absolute Gasteiger partial charge is 0.416 e. The third kappa shape index (κ3) is 3.44. The second-order valence-corrected chi connectivity index (χ2v) is 8.35. The molecule has 2 aromatic carbocycles. The Balaban J connectivity index is 1.58. The number of carbonyl (C=O) groups is 2. The van der Waals surface area contributed by atoms with Crippen LogP contribution in [0.15, 0.2) is 52.9 Å². The van der Waals surface area contributed by atoms with Gasteiger partial charge in [0.1, 0.15) is 5.25 Å². The van der Waals surface area contributed by atoms with Gasteiger partial charge in [-0.05, 0) is 30.3 Å². The molecule has 1 atom stereocenters. The number of benzene rings is 2. The Morgan fingerprint density at radius 1 is 1.11 bits per heavy atom. The maximum absolute atomic E-state index is 12.9. The number of carbonyl (C=O) groups excluding carboxylic acids is 2. The van der Waals surface area contributed by atoms with Crippen LogP contribution in [0.5, 0.6) is 0 Å². The van der Waals surface area contributed by atoms with Crippen molar-refractivity contribution in [3.05, 3.63) is 54.1 Å². The minimum atomic E-state index is -4.54. The van der Waals surface area contributed by atoms with Gasteiger partial charge in [-0.2, -0.15) is 13.2 Å². The van der Waals surface area contributed by atoms with E-state index in [0.29, 0.717) is 4.34 Å². The first kappa shape index (κ1) is 18.0. The summed E-state index contributed by atoms with van der Waals surface area (Å²) in [5, 5.41) is -0.701. The molecule has 1 fully saturated rings. The molecule has 9 heteroatoms. The SMILES string of the molecule is O=C1CC(Sc2nc3ccccc3s2)C(=O)N1c1cccc(C(F)(F)F)c1. The molecule has 0 spiro atoms. The van der Waals surface area contributed by atoms with E-state index in [2.05, 4.69) is 4.98 Å². The zero-order valence-corrected chi connectivity index (χ0v) is 15.2. The van der Waals surface area contributed by atoms with E-state index in [-0.39, 0.29) is 12.1 Å². The Morgan fingerprint density at radius 3 is 2.63 bits per heavy atom. The Kier molecular flexibility index (Phi) is 4.43. The number of fused-ring (bicyclic) bond motifs is 1. The van der Waals surface area contributed by atoms with Gasteiger partial charge in [0.2, 0.25) is 11.8 Å². The zero-order chi connectivity index (χ0) is 19.2. The number of thioether (sulfide) groups is 1. The Morgan fingerprint density at radius 2 is 1.89 bits per heavy atom. The normalized spacial score (nSPS) is 17.9. The molecule has 0 saturated carbocycles. The fourth-order valence-corrected chi connectivity index (χ4v) is 5.15. The van der Waals surface area contributed by atoms with Crippen molar-refractivity contribution in [1.82, 2.24) is 4.98 Å². The van der Waals surface area contributed by atoms with Gasteiger partial charge in [-0.1, -0.05) is 30.0 Å². The van der Waals surface area contributed by atoms with Crippen LogP contribution < -0.4 is 4.90 Å². The van der Waals surface area contributed by atoms with Crippen LogP contribution in [0.3, 0.4) is 0 Å². The fourth-order valence-electron chi connectivity index (χ4n) is 2.81. The van der Waals surface area contributed by atoms with Crippen LogP contribution in [-0.2, 0) is 15.8 Å². The quantitative estimate of drug-likeness (QED) is 0.588. The second-order valence-electron chi connectivity index (χ2n) is 5.87. The van der Waals surface area contributed by atoms with Crippen molar-refractivity contribution >= 4 is 50.8 Å². The Labute approximate surface area is 160 Å². The maximum Gasteiger partial charge on any atom is 0.416 e. The maximum atomic E-state index is 12.9. The van der Waals surface area contributed by atoms with Gasteiger partial charge in [-0.25, -0.2) is 9.88 Å². The van der Waals surface area contributed by atoms with E-state index in [0.717, 1.165) is 27.2 Å². The highest BCUT2D eigenvalue weighted by Gasteiger charge is 2.41. The number of rotatable bonds is 3. The molecule has 0 radical (unpaired) electrons. The van der Waals surface area contributed by atoms with Crippen molar-refractivity contribution in [2.24, 2.45) is 0 Å². The topological polar surface area (TPSA) is 50.3 Å². The average molecular weight is 408 g/mol. The summed E-state index contributed by atoms with van der Waals surface area (Å²) < 4.78 is 40.4. The van der Waals surface area contributed by atoms with Gasteiger partial charge in [0.15, 0.2) is 4.34 Å². The smallest absolute Gasteiger partial charge is 0.274 e. The van der Waals surface area contributed by atoms with Crippen molar-refractivity contribution in [1.29, 1.82) is 0 Å². The van der Waals surface area contributed by atoms with Crippen LogP contribution >= 0.6 is 23.1 Å². The van der Waals surface area contributed by atoms with E-state index in [1.165, 1.54) is 35.2 Å². The van der Waals surface area contributed by atoms with Crippen molar-refractivity contribution in [2.75, 3.05) is 4.90 Å². The first-order chi connectivity index (χ1) is 12.8. The molecule has 1 saturated heterocycles. The van der Waals surface area contributed by atoms with Crippen molar-refractivity contribution in [3.8, 4) is 0 Å². The number of anilines is 1. The van der Waals surface area contributed by atoms with Crippen LogP contribution in [0.1, 0.15) is 12.0 Å². The third-order valence-corrected chi connectivity index (χ3v) is 6.37. The third-order valence-electron chi connectivity index (χ3n) is 4.05. The molecule has 2 heterocycles. The summed E-state index contributed by atoms with van der Waals surface area (Å²) in [5.74, 6) is -1.04. The molecule has 0 bridgehead atoms. The molecule has 1 aliphatic rings. The molecule has 27 heavy (non-hydrogen) atoms. The van der Waals surface area contributed by atoms with E-state index in [1.807, 2.05) is 24.3 Å². The highest BCUT2D eigenvalue weighted by molar-refractivity contribution is 8.02. The molecule has 0 N–H and O–H groups in total. The number of hydrogen-bond acceptors (Lipinski definition) is 5. The lowest BCUT2D eigenvalue weighted by atomic mass is 10.2. The summed E-state index contributed by atoms with van der Waals surface area (Å²) in [6, 6.07) is 11.7. The van der Waals surface area contributed by atoms with Crippen molar-refractivity contribution in [2.45, 2.75) is 22.2 Å². The minimum Gasteiger partial charge on any atom is -0.274 e. The molecule has 1 unspecified atom stereocenters. The van der Waals surface area contributed by atoms with E-state index < -0.39 is 28.8 Å². The summed E-state index contributed by atoms with van der Waals surface area (Å²) in [6.45, 7) is 0. The first-order valence-corrected chi connectivity index (χ1v) is 9.59. The minimum absolute atomic E-state index is 0.0628. The van der Waals surface area contributed by atoms with Gasteiger partial charge in [-0.15, -0.1) is 11.3 Å². The lowest BCUT2D eigenvalue weighted by Gasteiger charge is -2.16. The van der Waals surface area contributed by atoms with E-state index in [4.69, 9.17) is 0 Å². The van der Waals surface area contributed by atoms with Gasteiger partial charge >= 0.3 is 6.18 Å². The predicted octanol–water partition coefficient (Wildman–Crippen LogP) is 4.74. The number of halogens is 3. The summed E-state index contributed by atoms with van der Waals surface area (Å²) in [4.78, 5) is 30.3. The molecule has 4 nitrogen and oxygen atoms in total. The van der Waals surface area contributed by atoms with Crippen LogP contribution in [0.2, 0.25) is 0 Å². The number of hydrogen-bond donors (Lipinski definition) is 0. The standard InChI is InChI=1S/C18H11F3N2O2S2/c19-18(20,21)10-4-3-5-11(8-10)23-15(24)9-14(16(23)25)27-17-22-12-6-1-2-7-13(12)26-17/h1-8,14H,9H2. The zero-order valence-electron chi connectivity index (χ0n) is 13.6. The van der Waals surface area contributed by atoms with Gasteiger partial charge in [-0.3, -0.25) is 9.59 Å². The van der Waals surface area contributed by atoms with Crippen molar-refractivity contribution in [3.63, 3.8) is 0 Å². The number of alkyl halides is 3. The molecular weight excluding hydrogens is 397 g/mol. The highest BCUT2D eigenvalue weighted by Crippen LogP contribution is 2.38. The molecule has 4 rings (SSSR count). The first-order valence-electron chi connectivity index (χ1n) is 7.89. The summed E-state index contributed by atoms with van der Waals surface area (Å²) in [5.41, 5.74) is -0.161. The van der Waals surface area contributed by atoms with E-state index in [9.17, 15) is 22.8 Å². The second kappa shape index (κ2) is 6.65. The molecule has 0 aliphatic carbocycles. The van der Waals surface area contributed by atoms with E-state index in [1.54, 1.807) is 0 Å². The van der Waals surface area contributed by atoms with Crippen LogP contribution in [-0.4, -0.2) is 22.0 Å². The summed E-state index contributed by atoms with van der Waals surface area (Å²) in [7, 11) is 0. The number of amides is 2. The number of imide groups is 1. The molecule has 138 valence electrons. The van der Waals surface area contributed by atoms with E-state index >= 15 is 0 Å². The molecule has 1 aliphatic heterocycles. The predicted molar refractivity (Wildman–Crippen MR) is 97.8 cm³/mol. The molecule has 3 aromatic rings. The monoisotopic (exact) mass is 408 g/mol. The van der Waals surface area contributed by atoms with Gasteiger partial charge in [0.25, 0.3) is 0 Å². The van der Waals surface area contributed by atoms with Crippen molar-refractivity contribution < 1.29 is 22.8 Å². The highest BCUT2D eigenvalue weighted by atomic mass is 32.2. The summed E-state index contributed by atoms with van der Waals surface area (Å²) in [6.07, 6.45) is -4.62. The number of aromatic nitrogens is 1. The fraction of sp³-hybridized carbons (Fsp3) is 0.167.